The highest BCUT2D eigenvalue weighted by atomic mass is 35.5. The first kappa shape index (κ1) is 13.3. The van der Waals surface area contributed by atoms with Gasteiger partial charge in [-0.1, -0.05) is 17.7 Å². The van der Waals surface area contributed by atoms with E-state index in [-0.39, 0.29) is 10.7 Å². The van der Waals surface area contributed by atoms with Crippen LogP contribution in [0.3, 0.4) is 0 Å². The molecule has 90 valence electrons. The molecule has 1 aromatic carbocycles. The Morgan fingerprint density at radius 3 is 2.94 bits per heavy atom. The van der Waals surface area contributed by atoms with Gasteiger partial charge >= 0.3 is 0 Å². The van der Waals surface area contributed by atoms with Crippen molar-refractivity contribution in [2.45, 2.75) is 0 Å². The number of halogens is 1. The number of thiocarbonyl (C=S) groups is 1. The van der Waals surface area contributed by atoms with Crippen LogP contribution in [0.5, 0.6) is 0 Å². The van der Waals surface area contributed by atoms with Gasteiger partial charge in [0.2, 0.25) is 0 Å². The maximum absolute atomic E-state index is 10.6. The lowest BCUT2D eigenvalue weighted by atomic mass is 10.2. The molecule has 8 heteroatoms. The zero-order valence-electron chi connectivity index (χ0n) is 8.81. The molecule has 0 bridgehead atoms. The topological polar surface area (TPSA) is 79.6 Å². The average Bonchev–Trinajstić information content (AvgIpc) is 2.30. The molecule has 17 heavy (non-hydrogen) atoms. The summed E-state index contributed by atoms with van der Waals surface area (Å²) in [4.78, 5) is 10.1. The first-order chi connectivity index (χ1) is 8.04. The van der Waals surface area contributed by atoms with Crippen LogP contribution in [-0.2, 0) is 0 Å². The minimum Gasteiger partial charge on any atom is -0.364 e. The van der Waals surface area contributed by atoms with Crippen LogP contribution < -0.4 is 10.7 Å². The molecule has 0 aliphatic carbocycles. The fraction of sp³-hybridized carbons (Fsp3) is 0.111. The predicted octanol–water partition coefficient (Wildman–Crippen LogP) is 1.68. The van der Waals surface area contributed by atoms with Crippen LogP contribution in [0.2, 0.25) is 5.02 Å². The fourth-order valence-electron chi connectivity index (χ4n) is 0.971. The van der Waals surface area contributed by atoms with Gasteiger partial charge in [-0.2, -0.15) is 5.10 Å². The first-order valence-electron chi connectivity index (χ1n) is 4.49. The Kier molecular flexibility index (Phi) is 4.80. The molecule has 2 N–H and O–H groups in total. The normalized spacial score (nSPS) is 10.2. The molecule has 0 aliphatic rings. The van der Waals surface area contributed by atoms with Crippen LogP contribution in [-0.4, -0.2) is 23.3 Å². The van der Waals surface area contributed by atoms with Crippen molar-refractivity contribution in [2.24, 2.45) is 5.10 Å². The highest BCUT2D eigenvalue weighted by Crippen LogP contribution is 2.24. The van der Waals surface area contributed by atoms with E-state index in [9.17, 15) is 10.1 Å². The van der Waals surface area contributed by atoms with E-state index in [1.54, 1.807) is 13.1 Å². The smallest absolute Gasteiger partial charge is 0.288 e. The van der Waals surface area contributed by atoms with Crippen molar-refractivity contribution in [3.63, 3.8) is 0 Å². The zero-order valence-corrected chi connectivity index (χ0v) is 10.4. The summed E-state index contributed by atoms with van der Waals surface area (Å²) in [6.45, 7) is 0. The quantitative estimate of drug-likeness (QED) is 0.379. The number of nitro groups is 1. The number of nitrogens with zero attached hydrogens (tertiary/aromatic N) is 2. The molecule has 1 aromatic rings. The van der Waals surface area contributed by atoms with Crippen LogP contribution in [0.15, 0.2) is 23.3 Å². The van der Waals surface area contributed by atoms with Gasteiger partial charge in [-0.15, -0.1) is 0 Å². The Labute approximate surface area is 108 Å². The standard InChI is InChI=1S/C9H9ClN4O2S/c1-11-9(17)13-12-5-6-2-3-7(10)8(4-6)14(15)16/h2-5H,1H3,(H2,11,13,17). The predicted molar refractivity (Wildman–Crippen MR) is 70.5 cm³/mol. The highest BCUT2D eigenvalue weighted by Gasteiger charge is 2.11. The summed E-state index contributed by atoms with van der Waals surface area (Å²) >= 11 is 10.5. The Morgan fingerprint density at radius 2 is 2.35 bits per heavy atom. The summed E-state index contributed by atoms with van der Waals surface area (Å²) in [6.07, 6.45) is 1.41. The Hall–Kier alpha value is -1.73. The summed E-state index contributed by atoms with van der Waals surface area (Å²) in [7, 11) is 1.65. The van der Waals surface area contributed by atoms with E-state index < -0.39 is 4.92 Å². The van der Waals surface area contributed by atoms with Gasteiger partial charge in [-0.05, 0) is 18.3 Å². The molecular formula is C9H9ClN4O2S. The van der Waals surface area contributed by atoms with Gasteiger partial charge in [0.1, 0.15) is 5.02 Å². The second-order valence-corrected chi connectivity index (χ2v) is 3.73. The molecule has 0 aliphatic heterocycles. The lowest BCUT2D eigenvalue weighted by Crippen LogP contribution is -2.28. The first-order valence-corrected chi connectivity index (χ1v) is 5.28. The van der Waals surface area contributed by atoms with Crippen LogP contribution in [0.1, 0.15) is 5.56 Å². The van der Waals surface area contributed by atoms with E-state index in [1.165, 1.54) is 18.3 Å². The van der Waals surface area contributed by atoms with Gasteiger partial charge in [-0.25, -0.2) is 0 Å². The van der Waals surface area contributed by atoms with Gasteiger partial charge < -0.3 is 5.32 Å². The number of nitrogens with one attached hydrogen (secondary N) is 2. The lowest BCUT2D eigenvalue weighted by Gasteiger charge is -2.00. The molecule has 0 saturated carbocycles. The van der Waals surface area contributed by atoms with Crippen molar-refractivity contribution < 1.29 is 4.92 Å². The SMILES string of the molecule is CNC(=S)NN=Cc1ccc(Cl)c([N+](=O)[O-])c1. The van der Waals surface area contributed by atoms with Gasteiger partial charge in [0.15, 0.2) is 5.11 Å². The van der Waals surface area contributed by atoms with E-state index in [4.69, 9.17) is 23.8 Å². The zero-order chi connectivity index (χ0) is 12.8. The molecule has 6 nitrogen and oxygen atoms in total. The average molecular weight is 273 g/mol. The van der Waals surface area contributed by atoms with Crippen molar-refractivity contribution in [1.29, 1.82) is 0 Å². The van der Waals surface area contributed by atoms with Crippen molar-refractivity contribution in [3.05, 3.63) is 38.9 Å². The van der Waals surface area contributed by atoms with Gasteiger partial charge in [-0.3, -0.25) is 15.5 Å². The third-order valence-corrected chi connectivity index (χ3v) is 2.39. The lowest BCUT2D eigenvalue weighted by molar-refractivity contribution is -0.384. The molecule has 0 spiro atoms. The van der Waals surface area contributed by atoms with E-state index in [2.05, 4.69) is 15.8 Å². The molecule has 0 fully saturated rings. The molecule has 0 saturated heterocycles. The van der Waals surface area contributed by atoms with Crippen LogP contribution in [0.4, 0.5) is 5.69 Å². The van der Waals surface area contributed by atoms with Crippen molar-refractivity contribution in [3.8, 4) is 0 Å². The Bertz CT molecular complexity index is 478. The van der Waals surface area contributed by atoms with Crippen molar-refractivity contribution in [2.75, 3.05) is 7.05 Å². The number of rotatable bonds is 3. The monoisotopic (exact) mass is 272 g/mol. The maximum atomic E-state index is 10.6. The summed E-state index contributed by atoms with van der Waals surface area (Å²) in [5.41, 5.74) is 2.92. The van der Waals surface area contributed by atoms with Crippen molar-refractivity contribution in [1.82, 2.24) is 10.7 Å². The third-order valence-electron chi connectivity index (χ3n) is 1.77. The highest BCUT2D eigenvalue weighted by molar-refractivity contribution is 7.80. The summed E-state index contributed by atoms with van der Waals surface area (Å²) in [5.74, 6) is 0. The van der Waals surface area contributed by atoms with Gasteiger partial charge in [0.25, 0.3) is 5.69 Å². The van der Waals surface area contributed by atoms with Gasteiger partial charge in [0, 0.05) is 18.7 Å². The van der Waals surface area contributed by atoms with E-state index in [0.29, 0.717) is 10.7 Å². The maximum Gasteiger partial charge on any atom is 0.288 e. The van der Waals surface area contributed by atoms with E-state index in [0.717, 1.165) is 0 Å². The Morgan fingerprint density at radius 1 is 1.65 bits per heavy atom. The molecule has 0 radical (unpaired) electrons. The minimum absolute atomic E-state index is 0.0888. The van der Waals surface area contributed by atoms with E-state index >= 15 is 0 Å². The molecule has 0 atom stereocenters. The van der Waals surface area contributed by atoms with Crippen molar-refractivity contribution >= 4 is 40.8 Å². The number of benzene rings is 1. The second kappa shape index (κ2) is 6.12. The molecule has 0 unspecified atom stereocenters. The Balaban J connectivity index is 2.82. The second-order valence-electron chi connectivity index (χ2n) is 2.92. The molecule has 1 rings (SSSR count). The van der Waals surface area contributed by atoms with Crippen LogP contribution in [0, 0.1) is 10.1 Å². The van der Waals surface area contributed by atoms with Crippen LogP contribution >= 0.6 is 23.8 Å². The number of hydrazone groups is 1. The fourth-order valence-corrected chi connectivity index (χ4v) is 1.21. The summed E-state index contributed by atoms with van der Waals surface area (Å²) in [6, 6.07) is 4.39. The molecular weight excluding hydrogens is 264 g/mol. The molecule has 0 heterocycles. The summed E-state index contributed by atoms with van der Waals surface area (Å²) in [5, 5.41) is 17.5. The minimum atomic E-state index is -0.550. The number of hydrogen-bond acceptors (Lipinski definition) is 4. The molecule has 0 amide bonds. The third kappa shape index (κ3) is 3.97. The van der Waals surface area contributed by atoms with Crippen LogP contribution in [0.25, 0.3) is 0 Å². The largest absolute Gasteiger partial charge is 0.364 e. The summed E-state index contributed by atoms with van der Waals surface area (Å²) < 4.78 is 0. The van der Waals surface area contributed by atoms with E-state index in [1.807, 2.05) is 0 Å². The molecule has 0 aromatic heterocycles. The van der Waals surface area contributed by atoms with Gasteiger partial charge in [0.05, 0.1) is 11.1 Å². The number of nitro benzene ring substituents is 1. The number of hydrogen-bond donors (Lipinski definition) is 2.